The molecule has 2 heterocycles. The minimum atomic E-state index is -0.957. The van der Waals surface area contributed by atoms with Crippen molar-refractivity contribution in [3.8, 4) is 11.3 Å². The van der Waals surface area contributed by atoms with Crippen molar-refractivity contribution in [3.05, 3.63) is 41.6 Å². The third-order valence-electron chi connectivity index (χ3n) is 6.82. The summed E-state index contributed by atoms with van der Waals surface area (Å²) in [7, 11) is 0. The Balaban J connectivity index is 1.60. The number of ether oxygens (including phenoxy) is 1. The first kappa shape index (κ1) is 25.2. The van der Waals surface area contributed by atoms with Crippen LogP contribution in [0.25, 0.3) is 11.3 Å². The minimum Gasteiger partial charge on any atom is -0.444 e. The van der Waals surface area contributed by atoms with E-state index >= 15 is 0 Å². The fourth-order valence-corrected chi connectivity index (χ4v) is 5.21. The molecule has 1 fully saturated rings. The van der Waals surface area contributed by atoms with Crippen LogP contribution in [0.3, 0.4) is 0 Å². The summed E-state index contributed by atoms with van der Waals surface area (Å²) < 4.78 is 7.39. The second kappa shape index (κ2) is 9.62. The molecule has 1 aromatic heterocycles. The van der Waals surface area contributed by atoms with Crippen LogP contribution in [0.15, 0.2) is 30.5 Å². The third-order valence-corrected chi connectivity index (χ3v) is 6.82. The normalized spacial score (nSPS) is 24.2. The number of carbonyl (C=O) groups excluding carboxylic acids is 2. The molecule has 3 N–H and O–H groups in total. The second-order valence-electron chi connectivity index (χ2n) is 10.5. The zero-order valence-corrected chi connectivity index (χ0v) is 21.0. The number of nitrogens with zero attached hydrogens (tertiary/aromatic N) is 3. The van der Waals surface area contributed by atoms with Gasteiger partial charge in [-0.05, 0) is 70.2 Å². The first-order valence-corrected chi connectivity index (χ1v) is 12.3. The Hall–Kier alpha value is -2.91. The molecule has 2 aliphatic rings. The summed E-state index contributed by atoms with van der Waals surface area (Å²) in [5.41, 5.74) is 2.34. The highest BCUT2D eigenvalue weighted by Crippen LogP contribution is 2.38. The quantitative estimate of drug-likeness (QED) is 0.601. The van der Waals surface area contributed by atoms with Gasteiger partial charge in [-0.1, -0.05) is 12.1 Å². The van der Waals surface area contributed by atoms with Gasteiger partial charge in [0.05, 0.1) is 30.5 Å². The fraction of sp³-hybridized carbons (Fsp3) is 0.577. The largest absolute Gasteiger partial charge is 0.444 e. The molecule has 1 aromatic carbocycles. The molecule has 1 aliphatic heterocycles. The monoisotopic (exact) mass is 484 g/mol. The molecule has 3 atom stereocenters. The van der Waals surface area contributed by atoms with Crippen molar-refractivity contribution in [1.29, 1.82) is 0 Å². The molecular formula is C26H36N4O5. The molecule has 0 bridgehead atoms. The lowest BCUT2D eigenvalue weighted by atomic mass is 9.76. The zero-order valence-electron chi connectivity index (χ0n) is 21.0. The topological polar surface area (TPSA) is 117 Å². The van der Waals surface area contributed by atoms with Gasteiger partial charge in [0.2, 0.25) is 5.91 Å². The number of fused-ring (bicyclic) bond motifs is 1. The van der Waals surface area contributed by atoms with Gasteiger partial charge in [0.25, 0.3) is 0 Å². The lowest BCUT2D eigenvalue weighted by Gasteiger charge is -2.40. The van der Waals surface area contributed by atoms with E-state index in [9.17, 15) is 19.8 Å². The smallest absolute Gasteiger partial charge is 0.411 e. The summed E-state index contributed by atoms with van der Waals surface area (Å²) in [6.45, 7) is 7.85. The molecule has 0 radical (unpaired) electrons. The molecule has 4 rings (SSSR count). The number of aliphatic hydroxyl groups excluding tert-OH is 2. The van der Waals surface area contributed by atoms with E-state index in [1.54, 1.807) is 27.0 Å². The molecule has 0 saturated carbocycles. The highest BCUT2D eigenvalue weighted by Gasteiger charge is 2.45. The van der Waals surface area contributed by atoms with E-state index in [-0.39, 0.29) is 19.6 Å². The average molecular weight is 485 g/mol. The van der Waals surface area contributed by atoms with E-state index in [2.05, 4.69) is 16.5 Å². The van der Waals surface area contributed by atoms with E-state index in [0.717, 1.165) is 41.8 Å². The number of hydrogen-bond acceptors (Lipinski definition) is 6. The molecule has 9 nitrogen and oxygen atoms in total. The Bertz CT molecular complexity index is 1090. The van der Waals surface area contributed by atoms with Crippen LogP contribution in [0, 0.1) is 0 Å². The van der Waals surface area contributed by atoms with Gasteiger partial charge in [-0.3, -0.25) is 14.4 Å². The molecular weight excluding hydrogens is 448 g/mol. The third kappa shape index (κ3) is 5.06. The maximum absolute atomic E-state index is 13.5. The second-order valence-corrected chi connectivity index (χ2v) is 10.5. The molecule has 2 amide bonds. The van der Waals surface area contributed by atoms with Crippen molar-refractivity contribution in [2.45, 2.75) is 83.2 Å². The van der Waals surface area contributed by atoms with Crippen molar-refractivity contribution >= 4 is 12.0 Å². The lowest BCUT2D eigenvalue weighted by Crippen LogP contribution is -2.56. The number of aryl methyl sites for hydroxylation is 2. The number of rotatable bonds is 5. The number of aromatic nitrogens is 2. The minimum absolute atomic E-state index is 0.0319. The maximum Gasteiger partial charge on any atom is 0.411 e. The Morgan fingerprint density at radius 2 is 2.06 bits per heavy atom. The van der Waals surface area contributed by atoms with Crippen molar-refractivity contribution < 1.29 is 24.5 Å². The highest BCUT2D eigenvalue weighted by molar-refractivity contribution is 5.87. The lowest BCUT2D eigenvalue weighted by molar-refractivity contribution is -0.128. The number of aliphatic hydroxyl groups is 2. The molecule has 0 spiro atoms. The molecule has 190 valence electrons. The summed E-state index contributed by atoms with van der Waals surface area (Å²) in [5.74, 6) is -0.401. The van der Waals surface area contributed by atoms with E-state index in [1.165, 1.54) is 4.90 Å². The van der Waals surface area contributed by atoms with Crippen LogP contribution in [0.4, 0.5) is 4.79 Å². The number of nitrogens with one attached hydrogen (secondary N) is 1. The number of β-amino-alcohol motifs (C(OH)–C–C–N with tert-alkyl or cyclic N) is 1. The number of amides is 2. The van der Waals surface area contributed by atoms with Crippen LogP contribution >= 0.6 is 0 Å². The summed E-state index contributed by atoms with van der Waals surface area (Å²) in [6, 6.07) is 7.19. The average Bonchev–Trinajstić information content (AvgIpc) is 3.44. The van der Waals surface area contributed by atoms with Gasteiger partial charge in [-0.15, -0.1) is 0 Å². The first-order chi connectivity index (χ1) is 16.6. The van der Waals surface area contributed by atoms with Crippen LogP contribution in [0.5, 0.6) is 0 Å². The molecule has 9 heteroatoms. The van der Waals surface area contributed by atoms with Crippen LogP contribution in [0.2, 0.25) is 0 Å². The number of benzene rings is 1. The highest BCUT2D eigenvalue weighted by atomic mass is 16.6. The Labute approximate surface area is 206 Å². The summed E-state index contributed by atoms with van der Waals surface area (Å²) >= 11 is 0. The number of likely N-dealkylation sites (tertiary alicyclic amines) is 1. The Kier molecular flexibility index (Phi) is 6.92. The molecule has 1 unspecified atom stereocenters. The summed E-state index contributed by atoms with van der Waals surface area (Å²) in [4.78, 5) is 27.5. The molecule has 1 saturated heterocycles. The van der Waals surface area contributed by atoms with Gasteiger partial charge in [0.1, 0.15) is 11.6 Å². The predicted octanol–water partition coefficient (Wildman–Crippen LogP) is 2.58. The summed E-state index contributed by atoms with van der Waals surface area (Å²) in [6.07, 6.45) is 2.68. The number of carbonyl (C=O) groups is 2. The van der Waals surface area contributed by atoms with Gasteiger partial charge < -0.3 is 20.3 Å². The number of hydrogen-bond donors (Lipinski definition) is 3. The predicted molar refractivity (Wildman–Crippen MR) is 131 cm³/mol. The van der Waals surface area contributed by atoms with Crippen LogP contribution < -0.4 is 5.32 Å². The van der Waals surface area contributed by atoms with Gasteiger partial charge in [0, 0.05) is 24.7 Å². The molecule has 2 aromatic rings. The standard InChI is InChI=1S/C26H36N4O5/c1-5-30-21(10-12-27-30)18-8-9-20-17(13-18)7-6-11-26(20,16-31)28-23(33)22-14-19(32)15-29(22)24(34)35-25(2,3)4/h8-10,12-13,19,22,31-32H,5-7,11,14-16H2,1-4H3,(H,28,33)/t19-,22+,26?/m1/s1. The van der Waals surface area contributed by atoms with Crippen LogP contribution in [-0.2, 0) is 28.0 Å². The SMILES string of the molecule is CCn1nccc1-c1ccc2c(c1)CCCC2(CO)NC(=O)[C@@H]1C[C@@H](O)CN1C(=O)OC(C)(C)C. The molecule has 35 heavy (non-hydrogen) atoms. The van der Waals surface area contributed by atoms with Gasteiger partial charge in [0.15, 0.2) is 0 Å². The van der Waals surface area contributed by atoms with E-state index in [0.29, 0.717) is 6.42 Å². The van der Waals surface area contributed by atoms with Gasteiger partial charge in [-0.2, -0.15) is 5.10 Å². The fourth-order valence-electron chi connectivity index (χ4n) is 5.21. The van der Waals surface area contributed by atoms with E-state index in [1.807, 2.05) is 29.8 Å². The summed E-state index contributed by atoms with van der Waals surface area (Å²) in [5, 5.41) is 28.2. The van der Waals surface area contributed by atoms with Crippen molar-refractivity contribution in [2.75, 3.05) is 13.2 Å². The van der Waals surface area contributed by atoms with Crippen molar-refractivity contribution in [2.24, 2.45) is 0 Å². The van der Waals surface area contributed by atoms with Crippen LogP contribution in [0.1, 0.15) is 58.1 Å². The molecule has 1 aliphatic carbocycles. The van der Waals surface area contributed by atoms with E-state index in [4.69, 9.17) is 4.74 Å². The first-order valence-electron chi connectivity index (χ1n) is 12.3. The van der Waals surface area contributed by atoms with Crippen molar-refractivity contribution in [3.63, 3.8) is 0 Å². The maximum atomic E-state index is 13.5. The zero-order chi connectivity index (χ0) is 25.4. The Morgan fingerprint density at radius 1 is 1.29 bits per heavy atom. The van der Waals surface area contributed by atoms with Crippen molar-refractivity contribution in [1.82, 2.24) is 20.0 Å². The van der Waals surface area contributed by atoms with Gasteiger partial charge >= 0.3 is 6.09 Å². The van der Waals surface area contributed by atoms with Gasteiger partial charge in [-0.25, -0.2) is 4.79 Å². The van der Waals surface area contributed by atoms with Crippen LogP contribution in [-0.4, -0.2) is 67.8 Å². The van der Waals surface area contributed by atoms with E-state index < -0.39 is 35.3 Å². The Morgan fingerprint density at radius 3 is 2.74 bits per heavy atom.